The highest BCUT2D eigenvalue weighted by Gasteiger charge is 2.30. The monoisotopic (exact) mass is 441 g/mol. The minimum absolute atomic E-state index is 0.00477. The van der Waals surface area contributed by atoms with E-state index in [2.05, 4.69) is 16.5 Å². The summed E-state index contributed by atoms with van der Waals surface area (Å²) in [6.07, 6.45) is 2.91. The Labute approximate surface area is 174 Å². The molecule has 0 radical (unpaired) electrons. The Bertz CT molecular complexity index is 1050. The van der Waals surface area contributed by atoms with Crippen LogP contribution in [-0.4, -0.2) is 36.3 Å². The number of allylic oxidation sites excluding steroid dienone is 1. The maximum absolute atomic E-state index is 14.9. The van der Waals surface area contributed by atoms with Crippen molar-refractivity contribution in [2.24, 2.45) is 0 Å². The standard InChI is InChI=1S/C19H21ClFN3O4S/c1-6-7-13-16(20)22-11-23-17(13)24(18(25)28-19(2,3)4)15-9-8-12(10-14(15)21)29(5,26)27/h6,8-11H,1,7H2,2-5H3. The summed E-state index contributed by atoms with van der Waals surface area (Å²) in [7, 11) is -3.64. The number of anilines is 2. The zero-order valence-corrected chi connectivity index (χ0v) is 18.0. The van der Waals surface area contributed by atoms with Gasteiger partial charge in [0.05, 0.1) is 10.6 Å². The molecule has 0 bridgehead atoms. The van der Waals surface area contributed by atoms with Crippen LogP contribution in [0.5, 0.6) is 0 Å². The number of ether oxygens (including phenoxy) is 1. The molecule has 0 aliphatic carbocycles. The largest absolute Gasteiger partial charge is 0.443 e. The molecule has 1 amide bonds. The first kappa shape index (κ1) is 22.8. The molecule has 10 heteroatoms. The summed E-state index contributed by atoms with van der Waals surface area (Å²) in [5.74, 6) is -0.941. The van der Waals surface area contributed by atoms with Gasteiger partial charge in [0, 0.05) is 11.8 Å². The lowest BCUT2D eigenvalue weighted by atomic mass is 10.2. The first-order valence-electron chi connectivity index (χ1n) is 8.48. The molecule has 0 aliphatic rings. The summed E-state index contributed by atoms with van der Waals surface area (Å²) in [6.45, 7) is 8.61. The predicted octanol–water partition coefficient (Wildman–Crippen LogP) is 4.47. The highest BCUT2D eigenvalue weighted by molar-refractivity contribution is 7.90. The van der Waals surface area contributed by atoms with Gasteiger partial charge in [-0.2, -0.15) is 0 Å². The molecule has 7 nitrogen and oxygen atoms in total. The van der Waals surface area contributed by atoms with Crippen LogP contribution in [0.15, 0.2) is 42.1 Å². The van der Waals surface area contributed by atoms with E-state index in [1.807, 2.05) is 0 Å². The average Bonchev–Trinajstić information content (AvgIpc) is 2.57. The fourth-order valence-corrected chi connectivity index (χ4v) is 3.24. The molecule has 0 atom stereocenters. The average molecular weight is 442 g/mol. The summed E-state index contributed by atoms with van der Waals surface area (Å²) in [5.41, 5.74) is -0.790. The van der Waals surface area contributed by atoms with E-state index < -0.39 is 27.3 Å². The lowest BCUT2D eigenvalue weighted by Gasteiger charge is -2.28. The molecule has 1 aromatic heterocycles. The van der Waals surface area contributed by atoms with Gasteiger partial charge in [0.15, 0.2) is 15.7 Å². The van der Waals surface area contributed by atoms with E-state index in [4.69, 9.17) is 16.3 Å². The van der Waals surface area contributed by atoms with Crippen molar-refractivity contribution in [3.63, 3.8) is 0 Å². The van der Waals surface area contributed by atoms with Gasteiger partial charge < -0.3 is 4.74 Å². The molecule has 0 saturated carbocycles. The van der Waals surface area contributed by atoms with Crippen LogP contribution in [0.25, 0.3) is 0 Å². The summed E-state index contributed by atoms with van der Waals surface area (Å²) >= 11 is 6.15. The molecule has 1 heterocycles. The molecule has 0 N–H and O–H groups in total. The third-order valence-electron chi connectivity index (χ3n) is 3.59. The fraction of sp³-hybridized carbons (Fsp3) is 0.316. The smallest absolute Gasteiger partial charge is 0.420 e. The summed E-state index contributed by atoms with van der Waals surface area (Å²) in [4.78, 5) is 21.6. The molecule has 0 fully saturated rings. The van der Waals surface area contributed by atoms with Crippen molar-refractivity contribution in [2.45, 2.75) is 37.7 Å². The molecule has 29 heavy (non-hydrogen) atoms. The van der Waals surface area contributed by atoms with Gasteiger partial charge in [-0.15, -0.1) is 6.58 Å². The van der Waals surface area contributed by atoms with E-state index in [1.165, 1.54) is 18.2 Å². The van der Waals surface area contributed by atoms with Gasteiger partial charge in [0.25, 0.3) is 0 Å². The van der Waals surface area contributed by atoms with Crippen molar-refractivity contribution in [3.05, 3.63) is 53.7 Å². The number of benzene rings is 1. The second-order valence-corrected chi connectivity index (χ2v) is 9.53. The third-order valence-corrected chi connectivity index (χ3v) is 5.03. The second kappa shape index (κ2) is 8.46. The van der Waals surface area contributed by atoms with E-state index >= 15 is 0 Å². The number of sulfone groups is 1. The zero-order valence-electron chi connectivity index (χ0n) is 16.4. The minimum atomic E-state index is -3.64. The van der Waals surface area contributed by atoms with E-state index in [0.29, 0.717) is 5.56 Å². The van der Waals surface area contributed by atoms with Crippen molar-refractivity contribution in [3.8, 4) is 0 Å². The molecule has 0 aliphatic heterocycles. The molecular formula is C19H21ClFN3O4S. The number of carbonyl (C=O) groups is 1. The lowest BCUT2D eigenvalue weighted by Crippen LogP contribution is -2.35. The van der Waals surface area contributed by atoms with Gasteiger partial charge in [-0.25, -0.2) is 32.5 Å². The van der Waals surface area contributed by atoms with Crippen LogP contribution in [0.1, 0.15) is 26.3 Å². The number of hydrogen-bond donors (Lipinski definition) is 0. The number of carbonyl (C=O) groups excluding carboxylic acids is 1. The van der Waals surface area contributed by atoms with Gasteiger partial charge >= 0.3 is 6.09 Å². The highest BCUT2D eigenvalue weighted by atomic mass is 35.5. The van der Waals surface area contributed by atoms with Gasteiger partial charge in [0.1, 0.15) is 22.9 Å². The summed E-state index contributed by atoms with van der Waals surface area (Å²) < 4.78 is 43.8. The maximum atomic E-state index is 14.9. The Balaban J connectivity index is 2.73. The quantitative estimate of drug-likeness (QED) is 0.502. The van der Waals surface area contributed by atoms with Gasteiger partial charge in [-0.1, -0.05) is 17.7 Å². The van der Waals surface area contributed by atoms with E-state index in [9.17, 15) is 17.6 Å². The normalized spacial score (nSPS) is 11.8. The SMILES string of the molecule is C=CCc1c(Cl)ncnc1N(C(=O)OC(C)(C)C)c1ccc(S(C)(=O)=O)cc1F. The Morgan fingerprint density at radius 2 is 2.00 bits per heavy atom. The first-order chi connectivity index (χ1) is 13.3. The third kappa shape index (κ3) is 5.51. The number of rotatable bonds is 5. The minimum Gasteiger partial charge on any atom is -0.443 e. The summed E-state index contributed by atoms with van der Waals surface area (Å²) in [6, 6.07) is 3.20. The van der Waals surface area contributed by atoms with Crippen molar-refractivity contribution >= 4 is 39.0 Å². The molecular weight excluding hydrogens is 421 g/mol. The van der Waals surface area contributed by atoms with E-state index in [-0.39, 0.29) is 28.0 Å². The molecule has 1 aromatic carbocycles. The van der Waals surface area contributed by atoms with Crippen LogP contribution < -0.4 is 4.90 Å². The highest BCUT2D eigenvalue weighted by Crippen LogP contribution is 2.34. The molecule has 0 spiro atoms. The van der Waals surface area contributed by atoms with Crippen molar-refractivity contribution in [2.75, 3.05) is 11.2 Å². The molecule has 2 aromatic rings. The number of hydrogen-bond acceptors (Lipinski definition) is 6. The Hall–Kier alpha value is -2.52. The lowest BCUT2D eigenvalue weighted by molar-refractivity contribution is 0.0597. The Kier molecular flexibility index (Phi) is 6.64. The number of halogens is 2. The zero-order chi connectivity index (χ0) is 22.0. The predicted molar refractivity (Wildman–Crippen MR) is 109 cm³/mol. The van der Waals surface area contributed by atoms with Crippen molar-refractivity contribution < 1.29 is 22.3 Å². The van der Waals surface area contributed by atoms with Gasteiger partial charge in [0.2, 0.25) is 0 Å². The van der Waals surface area contributed by atoms with Gasteiger partial charge in [-0.3, -0.25) is 0 Å². The first-order valence-corrected chi connectivity index (χ1v) is 10.7. The van der Waals surface area contributed by atoms with Crippen molar-refractivity contribution in [1.29, 1.82) is 0 Å². The van der Waals surface area contributed by atoms with Crippen LogP contribution in [0, 0.1) is 5.82 Å². The van der Waals surface area contributed by atoms with Gasteiger partial charge in [-0.05, 0) is 45.4 Å². The second-order valence-electron chi connectivity index (χ2n) is 7.16. The Morgan fingerprint density at radius 3 is 2.52 bits per heavy atom. The van der Waals surface area contributed by atoms with Crippen LogP contribution in [-0.2, 0) is 21.0 Å². The van der Waals surface area contributed by atoms with E-state index in [0.717, 1.165) is 23.5 Å². The number of nitrogens with zero attached hydrogens (tertiary/aromatic N) is 3. The number of amides is 1. The van der Waals surface area contributed by atoms with Crippen molar-refractivity contribution in [1.82, 2.24) is 9.97 Å². The summed E-state index contributed by atoms with van der Waals surface area (Å²) in [5, 5.41) is 0.0663. The van der Waals surface area contributed by atoms with E-state index in [1.54, 1.807) is 20.8 Å². The topological polar surface area (TPSA) is 89.5 Å². The maximum Gasteiger partial charge on any atom is 0.420 e. The molecule has 0 saturated heterocycles. The van der Waals surface area contributed by atoms with Crippen LogP contribution >= 0.6 is 11.6 Å². The number of aromatic nitrogens is 2. The van der Waals surface area contributed by atoms with Crippen LogP contribution in [0.2, 0.25) is 5.15 Å². The van der Waals surface area contributed by atoms with Crippen LogP contribution in [0.3, 0.4) is 0 Å². The van der Waals surface area contributed by atoms with Crippen LogP contribution in [0.4, 0.5) is 20.7 Å². The molecule has 156 valence electrons. The Morgan fingerprint density at radius 1 is 1.34 bits per heavy atom. The molecule has 0 unspecified atom stereocenters. The molecule has 2 rings (SSSR count). The fourth-order valence-electron chi connectivity index (χ4n) is 2.40.